The first-order valence-electron chi connectivity index (χ1n) is 6.68. The van der Waals surface area contributed by atoms with Crippen LogP contribution in [-0.4, -0.2) is 11.9 Å². The van der Waals surface area contributed by atoms with Gasteiger partial charge in [-0.05, 0) is 37.1 Å². The number of hydrogen-bond donors (Lipinski definition) is 0. The van der Waals surface area contributed by atoms with E-state index in [-0.39, 0.29) is 0 Å². The molecule has 0 aliphatic heterocycles. The first-order chi connectivity index (χ1) is 8.74. The Balaban J connectivity index is 1.95. The van der Waals surface area contributed by atoms with Gasteiger partial charge in [0.15, 0.2) is 0 Å². The summed E-state index contributed by atoms with van der Waals surface area (Å²) in [5, 5.41) is 1.05. The molecule has 1 aliphatic rings. The lowest BCUT2D eigenvalue weighted by Gasteiger charge is -2.30. The van der Waals surface area contributed by atoms with Crippen LogP contribution in [0.2, 0.25) is 0 Å². The van der Waals surface area contributed by atoms with E-state index in [1.54, 1.807) is 0 Å². The molecule has 1 aliphatic carbocycles. The molecule has 2 rings (SSSR count). The van der Waals surface area contributed by atoms with E-state index in [9.17, 15) is 0 Å². The van der Waals surface area contributed by atoms with Crippen LogP contribution >= 0.6 is 31.9 Å². The van der Waals surface area contributed by atoms with Crippen LogP contribution in [0.4, 0.5) is 0 Å². The van der Waals surface area contributed by atoms with Crippen LogP contribution < -0.4 is 4.74 Å². The van der Waals surface area contributed by atoms with Crippen molar-refractivity contribution in [2.75, 3.05) is 11.9 Å². The lowest BCUT2D eigenvalue weighted by molar-refractivity contribution is 0.149. The van der Waals surface area contributed by atoms with Gasteiger partial charge in [-0.3, -0.25) is 0 Å². The molecule has 0 spiro atoms. The first kappa shape index (κ1) is 14.4. The molecule has 0 radical (unpaired) electrons. The molecule has 0 N–H and O–H groups in total. The van der Waals surface area contributed by atoms with Crippen LogP contribution in [-0.2, 0) is 0 Å². The third-order valence-electron chi connectivity index (χ3n) is 3.81. The summed E-state index contributed by atoms with van der Waals surface area (Å²) in [5.74, 6) is 0.975. The molecule has 0 atom stereocenters. The van der Waals surface area contributed by atoms with Crippen LogP contribution in [0.3, 0.4) is 0 Å². The van der Waals surface area contributed by atoms with Gasteiger partial charge >= 0.3 is 0 Å². The molecule has 0 unspecified atom stereocenters. The Morgan fingerprint density at radius 2 is 1.61 bits per heavy atom. The maximum atomic E-state index is 6.00. The van der Waals surface area contributed by atoms with Crippen molar-refractivity contribution in [3.63, 3.8) is 0 Å². The fourth-order valence-electron chi connectivity index (χ4n) is 2.56. The summed E-state index contributed by atoms with van der Waals surface area (Å²) < 4.78 is 7.10. The van der Waals surface area contributed by atoms with Gasteiger partial charge in [0, 0.05) is 15.2 Å². The molecule has 18 heavy (non-hydrogen) atoms. The summed E-state index contributed by atoms with van der Waals surface area (Å²) in [6.07, 6.45) is 8.02. The fraction of sp³-hybridized carbons (Fsp3) is 0.600. The number of hydrogen-bond acceptors (Lipinski definition) is 1. The third kappa shape index (κ3) is 3.99. The summed E-state index contributed by atoms with van der Waals surface area (Å²) >= 11 is 7.15. The van der Waals surface area contributed by atoms with E-state index in [0.717, 1.165) is 22.2 Å². The van der Waals surface area contributed by atoms with Crippen molar-refractivity contribution in [2.45, 2.75) is 38.5 Å². The minimum Gasteiger partial charge on any atom is -0.493 e. The minimum atomic E-state index is 0.337. The zero-order valence-corrected chi connectivity index (χ0v) is 13.8. The Morgan fingerprint density at radius 3 is 2.17 bits per heavy atom. The van der Waals surface area contributed by atoms with Crippen molar-refractivity contribution in [1.82, 2.24) is 0 Å². The number of ether oxygens (including phenoxy) is 1. The van der Waals surface area contributed by atoms with E-state index in [0.29, 0.717) is 5.41 Å². The second-order valence-corrected chi connectivity index (χ2v) is 6.77. The van der Waals surface area contributed by atoms with Gasteiger partial charge in [-0.2, -0.15) is 0 Å². The maximum Gasteiger partial charge on any atom is 0.119 e. The van der Waals surface area contributed by atoms with E-state index in [1.165, 1.54) is 38.5 Å². The van der Waals surface area contributed by atoms with Crippen LogP contribution in [0, 0.1) is 5.41 Å². The molecule has 0 amide bonds. The van der Waals surface area contributed by atoms with Gasteiger partial charge in [0.25, 0.3) is 0 Å². The van der Waals surface area contributed by atoms with Crippen LogP contribution in [0.15, 0.2) is 28.7 Å². The van der Waals surface area contributed by atoms with E-state index in [2.05, 4.69) is 31.9 Å². The highest BCUT2D eigenvalue weighted by atomic mass is 79.9. The standard InChI is InChI=1S/C15H20Br2O/c16-11-15(9-3-1-2-4-10-15)12-18-14-7-5-13(17)6-8-14/h5-8H,1-4,9-12H2. The third-order valence-corrected chi connectivity index (χ3v) is 5.52. The molecule has 100 valence electrons. The average molecular weight is 376 g/mol. The van der Waals surface area contributed by atoms with Crippen LogP contribution in [0.25, 0.3) is 0 Å². The maximum absolute atomic E-state index is 6.00. The summed E-state index contributed by atoms with van der Waals surface area (Å²) in [4.78, 5) is 0. The number of rotatable bonds is 4. The lowest BCUT2D eigenvalue weighted by atomic mass is 9.83. The SMILES string of the molecule is BrCC1(COc2ccc(Br)cc2)CCCCCC1. The topological polar surface area (TPSA) is 9.23 Å². The molecular formula is C15H20Br2O. The molecule has 1 fully saturated rings. The molecule has 1 aromatic carbocycles. The van der Waals surface area contributed by atoms with Crippen molar-refractivity contribution >= 4 is 31.9 Å². The highest BCUT2D eigenvalue weighted by Gasteiger charge is 2.30. The monoisotopic (exact) mass is 374 g/mol. The van der Waals surface area contributed by atoms with Gasteiger partial charge in [-0.25, -0.2) is 0 Å². The van der Waals surface area contributed by atoms with E-state index < -0.39 is 0 Å². The van der Waals surface area contributed by atoms with E-state index >= 15 is 0 Å². The predicted molar refractivity (Wildman–Crippen MR) is 83.6 cm³/mol. The van der Waals surface area contributed by atoms with Gasteiger partial charge in [0.05, 0.1) is 6.61 Å². The van der Waals surface area contributed by atoms with Crippen molar-refractivity contribution in [3.8, 4) is 5.75 Å². The molecule has 1 aromatic rings. The van der Waals surface area contributed by atoms with E-state index in [4.69, 9.17) is 4.74 Å². The second kappa shape index (κ2) is 6.95. The van der Waals surface area contributed by atoms with Crippen molar-refractivity contribution in [2.24, 2.45) is 5.41 Å². The molecule has 0 saturated heterocycles. The Labute approximate surface area is 127 Å². The summed E-state index contributed by atoms with van der Waals surface area (Å²) in [6, 6.07) is 8.12. The van der Waals surface area contributed by atoms with Gasteiger partial charge in [0.2, 0.25) is 0 Å². The largest absolute Gasteiger partial charge is 0.493 e. The van der Waals surface area contributed by atoms with Crippen LogP contribution in [0.1, 0.15) is 38.5 Å². The van der Waals surface area contributed by atoms with Gasteiger partial charge in [-0.15, -0.1) is 0 Å². The van der Waals surface area contributed by atoms with Crippen molar-refractivity contribution in [3.05, 3.63) is 28.7 Å². The Bertz CT molecular complexity index is 353. The average Bonchev–Trinajstić information content (AvgIpc) is 2.64. The highest BCUT2D eigenvalue weighted by Crippen LogP contribution is 2.37. The van der Waals surface area contributed by atoms with Gasteiger partial charge < -0.3 is 4.74 Å². The Hall–Kier alpha value is -0.0200. The van der Waals surface area contributed by atoms with E-state index in [1.807, 2.05) is 24.3 Å². The molecule has 3 heteroatoms. The lowest BCUT2D eigenvalue weighted by Crippen LogP contribution is -2.29. The number of halogens is 2. The number of benzene rings is 1. The smallest absolute Gasteiger partial charge is 0.119 e. The van der Waals surface area contributed by atoms with Gasteiger partial charge in [0.1, 0.15) is 5.75 Å². The molecular weight excluding hydrogens is 356 g/mol. The molecule has 0 aromatic heterocycles. The first-order valence-corrected chi connectivity index (χ1v) is 8.60. The zero-order chi connectivity index (χ0) is 12.8. The molecule has 0 heterocycles. The van der Waals surface area contributed by atoms with Crippen molar-refractivity contribution in [1.29, 1.82) is 0 Å². The normalized spacial score (nSPS) is 19.2. The molecule has 1 saturated carbocycles. The quantitative estimate of drug-likeness (QED) is 0.494. The summed E-state index contributed by atoms with van der Waals surface area (Å²) in [7, 11) is 0. The van der Waals surface area contributed by atoms with Crippen LogP contribution in [0.5, 0.6) is 5.75 Å². The predicted octanol–water partition coefficient (Wildman–Crippen LogP) is 5.56. The van der Waals surface area contributed by atoms with Crippen molar-refractivity contribution < 1.29 is 4.74 Å². The number of alkyl halides is 1. The summed E-state index contributed by atoms with van der Waals surface area (Å²) in [6.45, 7) is 0.833. The minimum absolute atomic E-state index is 0.337. The summed E-state index contributed by atoms with van der Waals surface area (Å²) in [5.41, 5.74) is 0.337. The Morgan fingerprint density at radius 1 is 1.00 bits per heavy atom. The second-order valence-electron chi connectivity index (χ2n) is 5.29. The zero-order valence-electron chi connectivity index (χ0n) is 10.6. The highest BCUT2D eigenvalue weighted by molar-refractivity contribution is 9.10. The fourth-order valence-corrected chi connectivity index (χ4v) is 3.55. The molecule has 0 bridgehead atoms. The Kier molecular flexibility index (Phi) is 5.56. The van der Waals surface area contributed by atoms with Gasteiger partial charge in [-0.1, -0.05) is 57.5 Å². The molecule has 1 nitrogen and oxygen atoms in total.